The van der Waals surface area contributed by atoms with Crippen LogP contribution < -0.4 is 0 Å². The predicted molar refractivity (Wildman–Crippen MR) is 93.8 cm³/mol. The maximum Gasteiger partial charge on any atom is 0.180 e. The van der Waals surface area contributed by atoms with E-state index in [1.54, 1.807) is 6.92 Å². The number of Topliss-reactive ketones (excluding diaryl/α,β-unsaturated/α-hetero) is 1. The lowest BCUT2D eigenvalue weighted by molar-refractivity contribution is 0.100. The number of benzene rings is 1. The summed E-state index contributed by atoms with van der Waals surface area (Å²) in [4.78, 5) is 27.2. The Morgan fingerprint density at radius 2 is 1.88 bits per heavy atom. The SMILES string of the molecule is CC(=O)c1nc(-c2ccccc2)n2c1CN(Cc1cncnc1)CC2. The van der Waals surface area contributed by atoms with Crippen LogP contribution >= 0.6 is 0 Å². The van der Waals surface area contributed by atoms with Crippen LogP contribution in [0.2, 0.25) is 0 Å². The molecule has 3 heterocycles. The Morgan fingerprint density at radius 1 is 1.12 bits per heavy atom. The highest BCUT2D eigenvalue weighted by atomic mass is 16.1. The summed E-state index contributed by atoms with van der Waals surface area (Å²) in [6.07, 6.45) is 5.20. The monoisotopic (exact) mass is 333 g/mol. The van der Waals surface area contributed by atoms with Crippen molar-refractivity contribution in [2.24, 2.45) is 0 Å². The second-order valence-electron chi connectivity index (χ2n) is 6.26. The van der Waals surface area contributed by atoms with E-state index in [1.165, 1.54) is 6.33 Å². The summed E-state index contributed by atoms with van der Waals surface area (Å²) in [5.74, 6) is 0.888. The van der Waals surface area contributed by atoms with Crippen LogP contribution in [0.5, 0.6) is 0 Å². The Labute approximate surface area is 146 Å². The van der Waals surface area contributed by atoms with Crippen molar-refractivity contribution in [2.75, 3.05) is 6.54 Å². The first-order chi connectivity index (χ1) is 12.2. The van der Waals surface area contributed by atoms with E-state index < -0.39 is 0 Å². The van der Waals surface area contributed by atoms with Crippen LogP contribution in [0, 0.1) is 0 Å². The van der Waals surface area contributed by atoms with Gasteiger partial charge in [0, 0.05) is 56.6 Å². The van der Waals surface area contributed by atoms with Gasteiger partial charge in [-0.25, -0.2) is 15.0 Å². The molecule has 0 N–H and O–H groups in total. The van der Waals surface area contributed by atoms with Gasteiger partial charge in [-0.05, 0) is 0 Å². The van der Waals surface area contributed by atoms with E-state index in [1.807, 2.05) is 42.7 Å². The number of rotatable bonds is 4. The minimum Gasteiger partial charge on any atom is -0.325 e. The molecule has 2 aromatic heterocycles. The molecule has 1 aliphatic heterocycles. The fourth-order valence-electron chi connectivity index (χ4n) is 3.31. The van der Waals surface area contributed by atoms with E-state index in [4.69, 9.17) is 0 Å². The van der Waals surface area contributed by atoms with E-state index >= 15 is 0 Å². The van der Waals surface area contributed by atoms with E-state index in [-0.39, 0.29) is 5.78 Å². The van der Waals surface area contributed by atoms with E-state index in [2.05, 4.69) is 24.4 Å². The van der Waals surface area contributed by atoms with Crippen LogP contribution in [-0.4, -0.2) is 36.7 Å². The molecule has 4 rings (SSSR count). The maximum atomic E-state index is 12.1. The summed E-state index contributed by atoms with van der Waals surface area (Å²) >= 11 is 0. The van der Waals surface area contributed by atoms with Crippen molar-refractivity contribution in [1.29, 1.82) is 0 Å². The van der Waals surface area contributed by atoms with Crippen molar-refractivity contribution in [3.63, 3.8) is 0 Å². The molecular weight excluding hydrogens is 314 g/mol. The molecular formula is C19H19N5O. The third-order valence-corrected chi connectivity index (χ3v) is 4.47. The number of aromatic nitrogens is 4. The number of carbonyl (C=O) groups excluding carboxylic acids is 1. The summed E-state index contributed by atoms with van der Waals surface area (Å²) in [6.45, 7) is 4.76. The molecule has 0 saturated heterocycles. The van der Waals surface area contributed by atoms with Crippen LogP contribution in [0.15, 0.2) is 49.1 Å². The minimum absolute atomic E-state index is 0.0100. The number of fused-ring (bicyclic) bond motifs is 1. The zero-order valence-corrected chi connectivity index (χ0v) is 14.1. The Bertz CT molecular complexity index is 889. The highest BCUT2D eigenvalue weighted by Gasteiger charge is 2.26. The van der Waals surface area contributed by atoms with Gasteiger partial charge in [0.25, 0.3) is 0 Å². The minimum atomic E-state index is 0.0100. The van der Waals surface area contributed by atoms with E-state index in [0.29, 0.717) is 12.2 Å². The van der Waals surface area contributed by atoms with Gasteiger partial charge in [0.05, 0.1) is 5.69 Å². The molecule has 0 amide bonds. The molecule has 3 aromatic rings. The van der Waals surface area contributed by atoms with E-state index in [0.717, 1.165) is 42.3 Å². The van der Waals surface area contributed by atoms with Crippen molar-refractivity contribution in [3.05, 3.63) is 66.0 Å². The summed E-state index contributed by atoms with van der Waals surface area (Å²) < 4.78 is 2.18. The van der Waals surface area contributed by atoms with Crippen molar-refractivity contribution in [2.45, 2.75) is 26.6 Å². The van der Waals surface area contributed by atoms with Crippen molar-refractivity contribution >= 4 is 5.78 Å². The molecule has 0 bridgehead atoms. The first-order valence-electron chi connectivity index (χ1n) is 8.34. The molecule has 25 heavy (non-hydrogen) atoms. The molecule has 0 aliphatic carbocycles. The summed E-state index contributed by atoms with van der Waals surface area (Å²) in [5.41, 5.74) is 3.69. The maximum absolute atomic E-state index is 12.1. The quantitative estimate of drug-likeness (QED) is 0.687. The normalized spacial score (nSPS) is 14.3. The Balaban J connectivity index is 1.67. The van der Waals surface area contributed by atoms with Crippen LogP contribution in [0.25, 0.3) is 11.4 Å². The Hall–Kier alpha value is -2.86. The van der Waals surface area contributed by atoms with Crippen LogP contribution in [0.4, 0.5) is 0 Å². The first-order valence-corrected chi connectivity index (χ1v) is 8.34. The van der Waals surface area contributed by atoms with Gasteiger partial charge in [0.15, 0.2) is 5.78 Å². The predicted octanol–water partition coefficient (Wildman–Crippen LogP) is 2.56. The van der Waals surface area contributed by atoms with Gasteiger partial charge in [-0.3, -0.25) is 9.69 Å². The molecule has 1 aliphatic rings. The molecule has 6 heteroatoms. The van der Waals surface area contributed by atoms with Gasteiger partial charge < -0.3 is 4.57 Å². The van der Waals surface area contributed by atoms with Gasteiger partial charge in [-0.2, -0.15) is 0 Å². The van der Waals surface area contributed by atoms with Gasteiger partial charge in [0.1, 0.15) is 17.8 Å². The highest BCUT2D eigenvalue weighted by Crippen LogP contribution is 2.27. The number of carbonyl (C=O) groups is 1. The molecule has 0 atom stereocenters. The molecule has 0 saturated carbocycles. The fourth-order valence-corrected chi connectivity index (χ4v) is 3.31. The third kappa shape index (κ3) is 3.08. The zero-order valence-electron chi connectivity index (χ0n) is 14.1. The Kier molecular flexibility index (Phi) is 4.11. The first kappa shape index (κ1) is 15.7. The molecule has 126 valence electrons. The second kappa shape index (κ2) is 6.57. The zero-order chi connectivity index (χ0) is 17.2. The summed E-state index contributed by atoms with van der Waals surface area (Å²) in [7, 11) is 0. The Morgan fingerprint density at radius 3 is 2.60 bits per heavy atom. The molecule has 6 nitrogen and oxygen atoms in total. The fraction of sp³-hybridized carbons (Fsp3) is 0.263. The van der Waals surface area contributed by atoms with E-state index in [9.17, 15) is 4.79 Å². The molecule has 0 radical (unpaired) electrons. The van der Waals surface area contributed by atoms with Gasteiger partial charge in [0.2, 0.25) is 0 Å². The number of hydrogen-bond donors (Lipinski definition) is 0. The molecule has 0 unspecified atom stereocenters. The van der Waals surface area contributed by atoms with Gasteiger partial charge in [-0.1, -0.05) is 30.3 Å². The topological polar surface area (TPSA) is 63.9 Å². The average Bonchev–Trinajstić information content (AvgIpc) is 3.02. The molecule has 0 spiro atoms. The lowest BCUT2D eigenvalue weighted by atomic mass is 10.2. The summed E-state index contributed by atoms with van der Waals surface area (Å²) in [6, 6.07) is 10.0. The standard InChI is InChI=1S/C19H19N5O/c1-14(25)18-17-12-23(11-15-9-20-13-21-10-15)7-8-24(17)19(22-18)16-5-3-2-4-6-16/h2-6,9-10,13H,7-8,11-12H2,1H3. The van der Waals surface area contributed by atoms with Crippen LogP contribution in [-0.2, 0) is 19.6 Å². The smallest absolute Gasteiger partial charge is 0.180 e. The molecule has 1 aromatic carbocycles. The van der Waals surface area contributed by atoms with Gasteiger partial charge >= 0.3 is 0 Å². The molecule has 0 fully saturated rings. The number of hydrogen-bond acceptors (Lipinski definition) is 5. The van der Waals surface area contributed by atoms with Crippen molar-refractivity contribution in [3.8, 4) is 11.4 Å². The number of ketones is 1. The second-order valence-corrected chi connectivity index (χ2v) is 6.26. The summed E-state index contributed by atoms with van der Waals surface area (Å²) in [5, 5.41) is 0. The van der Waals surface area contributed by atoms with Crippen molar-refractivity contribution in [1.82, 2.24) is 24.4 Å². The number of nitrogens with zero attached hydrogens (tertiary/aromatic N) is 5. The third-order valence-electron chi connectivity index (χ3n) is 4.47. The largest absolute Gasteiger partial charge is 0.325 e. The number of imidazole rings is 1. The average molecular weight is 333 g/mol. The highest BCUT2D eigenvalue weighted by molar-refractivity contribution is 5.94. The van der Waals surface area contributed by atoms with Gasteiger partial charge in [-0.15, -0.1) is 0 Å². The lowest BCUT2D eigenvalue weighted by Crippen LogP contribution is -2.34. The van der Waals surface area contributed by atoms with Crippen LogP contribution in [0.1, 0.15) is 28.7 Å². The van der Waals surface area contributed by atoms with Crippen molar-refractivity contribution < 1.29 is 4.79 Å². The van der Waals surface area contributed by atoms with Crippen LogP contribution in [0.3, 0.4) is 0 Å². The lowest BCUT2D eigenvalue weighted by Gasteiger charge is -2.29.